The molecule has 0 aromatic carbocycles. The highest BCUT2D eigenvalue weighted by Gasteiger charge is 2.23. The summed E-state index contributed by atoms with van der Waals surface area (Å²) in [5.74, 6) is 0. The zero-order chi connectivity index (χ0) is 14.6. The summed E-state index contributed by atoms with van der Waals surface area (Å²) < 4.78 is 27.1. The van der Waals surface area contributed by atoms with Crippen LogP contribution in [0.25, 0.3) is 0 Å². The van der Waals surface area contributed by atoms with E-state index in [9.17, 15) is 8.42 Å². The Balaban J connectivity index is 1.97. The van der Waals surface area contributed by atoms with Gasteiger partial charge in [0.2, 0.25) is 0 Å². The number of hydrogen-bond acceptors (Lipinski definition) is 5. The molecule has 114 valence electrons. The number of nitrogens with zero attached hydrogens (tertiary/aromatic N) is 2. The predicted molar refractivity (Wildman–Crippen MR) is 74.6 cm³/mol. The summed E-state index contributed by atoms with van der Waals surface area (Å²) in [5, 5.41) is 15.2. The van der Waals surface area contributed by atoms with Crippen molar-refractivity contribution in [1.82, 2.24) is 19.8 Å². The van der Waals surface area contributed by atoms with Gasteiger partial charge >= 0.3 is 0 Å². The van der Waals surface area contributed by atoms with Crippen molar-refractivity contribution in [2.75, 3.05) is 19.6 Å². The molecule has 0 bridgehead atoms. The second kappa shape index (κ2) is 6.66. The van der Waals surface area contributed by atoms with Crippen molar-refractivity contribution in [3.63, 3.8) is 0 Å². The molecule has 1 aliphatic rings. The molecule has 0 radical (unpaired) electrons. The van der Waals surface area contributed by atoms with E-state index in [-0.39, 0.29) is 23.2 Å². The fraction of sp³-hybridized carbons (Fsp3) is 0.750. The fourth-order valence-corrected chi connectivity index (χ4v) is 3.89. The highest BCUT2D eigenvalue weighted by molar-refractivity contribution is 7.89. The van der Waals surface area contributed by atoms with E-state index in [1.165, 1.54) is 25.5 Å². The standard InChI is InChI=1S/C12H22N4O3S/c1-10(8-16-5-3-2-4-6-16)15-20(18,19)12-11(9-17)7-13-14-12/h7,10,15,17H,2-6,8-9H2,1H3,(H,13,14). The van der Waals surface area contributed by atoms with Gasteiger partial charge in [-0.1, -0.05) is 6.42 Å². The summed E-state index contributed by atoms with van der Waals surface area (Å²) in [6.07, 6.45) is 4.93. The Morgan fingerprint density at radius 3 is 2.80 bits per heavy atom. The molecule has 0 saturated carbocycles. The number of rotatable bonds is 6. The molecule has 0 aliphatic carbocycles. The maximum absolute atomic E-state index is 12.2. The number of aromatic nitrogens is 2. The van der Waals surface area contributed by atoms with Crippen molar-refractivity contribution in [1.29, 1.82) is 0 Å². The molecule has 1 aromatic heterocycles. The van der Waals surface area contributed by atoms with Gasteiger partial charge in [-0.25, -0.2) is 13.1 Å². The summed E-state index contributed by atoms with van der Waals surface area (Å²) >= 11 is 0. The van der Waals surface area contributed by atoms with E-state index in [2.05, 4.69) is 19.8 Å². The first-order chi connectivity index (χ1) is 9.53. The monoisotopic (exact) mass is 302 g/mol. The van der Waals surface area contributed by atoms with Crippen LogP contribution in [0.5, 0.6) is 0 Å². The van der Waals surface area contributed by atoms with E-state index in [1.54, 1.807) is 0 Å². The van der Waals surface area contributed by atoms with Gasteiger partial charge in [-0.3, -0.25) is 5.10 Å². The fourth-order valence-electron chi connectivity index (χ4n) is 2.53. The van der Waals surface area contributed by atoms with Crippen molar-refractivity contribution < 1.29 is 13.5 Å². The largest absolute Gasteiger partial charge is 0.392 e. The maximum atomic E-state index is 12.2. The van der Waals surface area contributed by atoms with E-state index in [4.69, 9.17) is 5.11 Å². The van der Waals surface area contributed by atoms with Gasteiger partial charge in [0.05, 0.1) is 12.8 Å². The first-order valence-electron chi connectivity index (χ1n) is 6.90. The highest BCUT2D eigenvalue weighted by atomic mass is 32.2. The van der Waals surface area contributed by atoms with Crippen LogP contribution in [-0.2, 0) is 16.6 Å². The number of piperidine rings is 1. The van der Waals surface area contributed by atoms with Crippen LogP contribution >= 0.6 is 0 Å². The SMILES string of the molecule is CC(CN1CCCCC1)NS(=O)(=O)c1[nH]ncc1CO. The van der Waals surface area contributed by atoms with Crippen LogP contribution in [-0.4, -0.2) is 54.3 Å². The molecule has 20 heavy (non-hydrogen) atoms. The second-order valence-corrected chi connectivity index (χ2v) is 6.92. The number of H-pyrrole nitrogens is 1. The minimum Gasteiger partial charge on any atom is -0.392 e. The molecule has 2 rings (SSSR count). The van der Waals surface area contributed by atoms with Gasteiger partial charge in [0, 0.05) is 18.2 Å². The molecule has 1 fully saturated rings. The molecular formula is C12H22N4O3S. The quantitative estimate of drug-likeness (QED) is 0.690. The van der Waals surface area contributed by atoms with Gasteiger partial charge in [0.15, 0.2) is 5.03 Å². The van der Waals surface area contributed by atoms with Crippen molar-refractivity contribution in [2.45, 2.75) is 43.9 Å². The number of aliphatic hydroxyl groups excluding tert-OH is 1. The lowest BCUT2D eigenvalue weighted by atomic mass is 10.1. The Morgan fingerprint density at radius 1 is 1.45 bits per heavy atom. The second-order valence-electron chi connectivity index (χ2n) is 5.27. The molecule has 1 aliphatic heterocycles. The van der Waals surface area contributed by atoms with E-state index in [0.29, 0.717) is 6.54 Å². The van der Waals surface area contributed by atoms with Crippen LogP contribution in [0.2, 0.25) is 0 Å². The molecule has 0 spiro atoms. The number of sulfonamides is 1. The molecule has 1 unspecified atom stereocenters. The topological polar surface area (TPSA) is 98.3 Å². The van der Waals surface area contributed by atoms with Gasteiger partial charge < -0.3 is 10.0 Å². The van der Waals surface area contributed by atoms with Crippen LogP contribution in [0, 0.1) is 0 Å². The van der Waals surface area contributed by atoms with Crippen molar-refractivity contribution >= 4 is 10.0 Å². The summed E-state index contributed by atoms with van der Waals surface area (Å²) in [4.78, 5) is 2.27. The minimum atomic E-state index is -3.66. The highest BCUT2D eigenvalue weighted by Crippen LogP contribution is 2.13. The Bertz CT molecular complexity index is 523. The number of likely N-dealkylation sites (tertiary alicyclic amines) is 1. The normalized spacial score (nSPS) is 19.1. The lowest BCUT2D eigenvalue weighted by Crippen LogP contribution is -2.43. The molecule has 0 amide bonds. The van der Waals surface area contributed by atoms with E-state index in [0.717, 1.165) is 13.1 Å². The first kappa shape index (κ1) is 15.4. The maximum Gasteiger partial charge on any atom is 0.258 e. The Morgan fingerprint density at radius 2 is 2.15 bits per heavy atom. The third-order valence-electron chi connectivity index (χ3n) is 3.45. The number of hydrogen-bond donors (Lipinski definition) is 3. The van der Waals surface area contributed by atoms with Gasteiger partial charge in [-0.2, -0.15) is 5.10 Å². The number of aromatic amines is 1. The molecular weight excluding hydrogens is 280 g/mol. The lowest BCUT2D eigenvalue weighted by Gasteiger charge is -2.29. The van der Waals surface area contributed by atoms with Gasteiger partial charge in [0.1, 0.15) is 0 Å². The van der Waals surface area contributed by atoms with Crippen molar-refractivity contribution in [3.05, 3.63) is 11.8 Å². The molecule has 1 atom stereocenters. The molecule has 1 aromatic rings. The number of nitrogens with one attached hydrogen (secondary N) is 2. The average Bonchev–Trinajstić information content (AvgIpc) is 2.88. The summed E-state index contributed by atoms with van der Waals surface area (Å²) in [6.45, 7) is 4.24. The van der Waals surface area contributed by atoms with Gasteiger partial charge in [-0.15, -0.1) is 0 Å². The zero-order valence-electron chi connectivity index (χ0n) is 11.7. The van der Waals surface area contributed by atoms with Crippen LogP contribution in [0.4, 0.5) is 0 Å². The summed E-state index contributed by atoms with van der Waals surface area (Å²) in [7, 11) is -3.66. The minimum absolute atomic E-state index is 0.0505. The molecule has 8 heteroatoms. The Hall–Kier alpha value is -0.960. The molecule has 2 heterocycles. The third kappa shape index (κ3) is 3.78. The van der Waals surface area contributed by atoms with Crippen LogP contribution < -0.4 is 4.72 Å². The van der Waals surface area contributed by atoms with Crippen LogP contribution in [0.1, 0.15) is 31.7 Å². The predicted octanol–water partition coefficient (Wildman–Crippen LogP) is 0.0547. The molecule has 3 N–H and O–H groups in total. The van der Waals surface area contributed by atoms with E-state index < -0.39 is 10.0 Å². The van der Waals surface area contributed by atoms with Gasteiger partial charge in [-0.05, 0) is 32.9 Å². The van der Waals surface area contributed by atoms with Crippen LogP contribution in [0.15, 0.2) is 11.2 Å². The van der Waals surface area contributed by atoms with Crippen molar-refractivity contribution in [2.24, 2.45) is 0 Å². The molecule has 1 saturated heterocycles. The van der Waals surface area contributed by atoms with Gasteiger partial charge in [0.25, 0.3) is 10.0 Å². The zero-order valence-corrected chi connectivity index (χ0v) is 12.5. The average molecular weight is 302 g/mol. The Labute approximate surface area is 119 Å². The van der Waals surface area contributed by atoms with E-state index in [1.807, 2.05) is 6.92 Å². The number of aliphatic hydroxyl groups is 1. The Kier molecular flexibility index (Phi) is 5.14. The summed E-state index contributed by atoms with van der Waals surface area (Å²) in [6, 6.07) is -0.187. The summed E-state index contributed by atoms with van der Waals surface area (Å²) in [5.41, 5.74) is 0.280. The smallest absolute Gasteiger partial charge is 0.258 e. The molecule has 7 nitrogen and oxygen atoms in total. The first-order valence-corrected chi connectivity index (χ1v) is 8.39. The van der Waals surface area contributed by atoms with E-state index >= 15 is 0 Å². The van der Waals surface area contributed by atoms with Crippen LogP contribution in [0.3, 0.4) is 0 Å². The van der Waals surface area contributed by atoms with Crippen molar-refractivity contribution in [3.8, 4) is 0 Å². The lowest BCUT2D eigenvalue weighted by molar-refractivity contribution is 0.215. The third-order valence-corrected chi connectivity index (χ3v) is 5.06.